The number of aromatic nitrogens is 2. The van der Waals surface area contributed by atoms with Gasteiger partial charge in [-0.15, -0.1) is 0 Å². The number of morpholine rings is 1. The number of aliphatic carboxylic acids is 1. The van der Waals surface area contributed by atoms with Gasteiger partial charge in [0.05, 0.1) is 19.1 Å². The molecule has 0 saturated carbocycles. The van der Waals surface area contributed by atoms with Gasteiger partial charge in [0.25, 0.3) is 5.91 Å². The molecule has 1 atom stereocenters. The maximum absolute atomic E-state index is 12.3. The second-order valence-electron chi connectivity index (χ2n) is 5.21. The van der Waals surface area contributed by atoms with Crippen LogP contribution < -0.4 is 0 Å². The Labute approximate surface area is 116 Å². The number of nitrogens with one attached hydrogen (secondary N) is 1. The van der Waals surface area contributed by atoms with Crippen LogP contribution in [0.25, 0.3) is 0 Å². The van der Waals surface area contributed by atoms with Crippen molar-refractivity contribution >= 4 is 11.9 Å². The van der Waals surface area contributed by atoms with Crippen molar-refractivity contribution in [3.05, 3.63) is 17.5 Å². The number of hydrogen-bond acceptors (Lipinski definition) is 4. The van der Waals surface area contributed by atoms with Crippen molar-refractivity contribution in [3.63, 3.8) is 0 Å². The van der Waals surface area contributed by atoms with E-state index in [2.05, 4.69) is 10.2 Å². The molecule has 1 aliphatic heterocycles. The molecule has 1 saturated heterocycles. The summed E-state index contributed by atoms with van der Waals surface area (Å²) in [6.07, 6.45) is -0.546. The summed E-state index contributed by atoms with van der Waals surface area (Å²) in [5, 5.41) is 15.6. The van der Waals surface area contributed by atoms with Crippen LogP contribution >= 0.6 is 0 Å². The number of carbonyl (C=O) groups excluding carboxylic acids is 1. The number of carboxylic acids is 1. The van der Waals surface area contributed by atoms with Gasteiger partial charge in [0, 0.05) is 18.8 Å². The fraction of sp³-hybridized carbons (Fsp3) is 0.615. The Balaban J connectivity index is 2.02. The van der Waals surface area contributed by atoms with Crippen LogP contribution in [-0.2, 0) is 9.53 Å². The Morgan fingerprint density at radius 2 is 2.35 bits per heavy atom. The predicted molar refractivity (Wildman–Crippen MR) is 70.6 cm³/mol. The van der Waals surface area contributed by atoms with Crippen molar-refractivity contribution < 1.29 is 19.4 Å². The van der Waals surface area contributed by atoms with Gasteiger partial charge in [-0.2, -0.15) is 5.10 Å². The molecule has 1 fully saturated rings. The first kappa shape index (κ1) is 14.5. The van der Waals surface area contributed by atoms with Gasteiger partial charge in [0.2, 0.25) is 0 Å². The number of carboxylic acid groups (broad SMARTS) is 1. The van der Waals surface area contributed by atoms with Gasteiger partial charge in [0.15, 0.2) is 0 Å². The van der Waals surface area contributed by atoms with E-state index in [0.717, 1.165) is 5.69 Å². The SMILES string of the molecule is CC(C)c1cc(C(=O)N2CCO[C@H](CC(=O)O)C2)n[nH]1. The number of aromatic amines is 1. The summed E-state index contributed by atoms with van der Waals surface area (Å²) in [5.74, 6) is -0.841. The standard InChI is InChI=1S/C13H19N3O4/c1-8(2)10-6-11(15-14-10)13(19)16-3-4-20-9(7-16)5-12(17)18/h6,8-9H,3-5,7H2,1-2H3,(H,14,15)(H,17,18)/t9-/m1/s1. The number of carbonyl (C=O) groups is 2. The molecule has 0 radical (unpaired) electrons. The molecule has 7 heteroatoms. The summed E-state index contributed by atoms with van der Waals surface area (Å²) in [7, 11) is 0. The molecule has 2 rings (SSSR count). The molecular weight excluding hydrogens is 262 g/mol. The molecule has 7 nitrogen and oxygen atoms in total. The average molecular weight is 281 g/mol. The molecule has 0 spiro atoms. The van der Waals surface area contributed by atoms with E-state index in [-0.39, 0.29) is 24.8 Å². The van der Waals surface area contributed by atoms with E-state index in [1.165, 1.54) is 0 Å². The average Bonchev–Trinajstić information content (AvgIpc) is 2.87. The smallest absolute Gasteiger partial charge is 0.306 e. The second-order valence-corrected chi connectivity index (χ2v) is 5.21. The zero-order valence-electron chi connectivity index (χ0n) is 11.6. The zero-order chi connectivity index (χ0) is 14.7. The van der Waals surface area contributed by atoms with Crippen LogP contribution in [0.15, 0.2) is 6.07 Å². The van der Waals surface area contributed by atoms with Gasteiger partial charge in [-0.3, -0.25) is 14.7 Å². The molecule has 110 valence electrons. The first-order chi connectivity index (χ1) is 9.47. The van der Waals surface area contributed by atoms with Crippen molar-refractivity contribution in [1.82, 2.24) is 15.1 Å². The summed E-state index contributed by atoms with van der Waals surface area (Å²) >= 11 is 0. The molecule has 0 bridgehead atoms. The maximum atomic E-state index is 12.3. The van der Waals surface area contributed by atoms with Crippen molar-refractivity contribution in [3.8, 4) is 0 Å². The lowest BCUT2D eigenvalue weighted by Crippen LogP contribution is -2.46. The highest BCUT2D eigenvalue weighted by Gasteiger charge is 2.27. The number of nitrogens with zero attached hydrogens (tertiary/aromatic N) is 2. The Hall–Kier alpha value is -1.89. The molecule has 1 aliphatic rings. The summed E-state index contributed by atoms with van der Waals surface area (Å²) in [6.45, 7) is 5.12. The van der Waals surface area contributed by atoms with E-state index in [1.807, 2.05) is 13.8 Å². The fourth-order valence-corrected chi connectivity index (χ4v) is 2.13. The number of hydrogen-bond donors (Lipinski definition) is 2. The number of rotatable bonds is 4. The van der Waals surface area contributed by atoms with E-state index < -0.39 is 12.1 Å². The van der Waals surface area contributed by atoms with Crippen LogP contribution in [0.4, 0.5) is 0 Å². The lowest BCUT2D eigenvalue weighted by molar-refractivity contribution is -0.141. The van der Waals surface area contributed by atoms with Gasteiger partial charge in [0.1, 0.15) is 5.69 Å². The molecule has 2 N–H and O–H groups in total. The summed E-state index contributed by atoms with van der Waals surface area (Å²) < 4.78 is 5.35. The van der Waals surface area contributed by atoms with Crippen LogP contribution in [0, 0.1) is 0 Å². The molecule has 2 heterocycles. The largest absolute Gasteiger partial charge is 0.481 e. The highest BCUT2D eigenvalue weighted by atomic mass is 16.5. The molecule has 20 heavy (non-hydrogen) atoms. The minimum atomic E-state index is -0.925. The Bertz CT molecular complexity index is 498. The topological polar surface area (TPSA) is 95.5 Å². The van der Waals surface area contributed by atoms with Crippen LogP contribution in [0.2, 0.25) is 0 Å². The highest BCUT2D eigenvalue weighted by molar-refractivity contribution is 5.92. The lowest BCUT2D eigenvalue weighted by atomic mass is 10.1. The van der Waals surface area contributed by atoms with Gasteiger partial charge >= 0.3 is 5.97 Å². The first-order valence-electron chi connectivity index (χ1n) is 6.65. The molecular formula is C13H19N3O4. The van der Waals surface area contributed by atoms with Crippen molar-refractivity contribution in [2.45, 2.75) is 32.3 Å². The Kier molecular flexibility index (Phi) is 4.39. The third-order valence-electron chi connectivity index (χ3n) is 3.27. The summed E-state index contributed by atoms with van der Waals surface area (Å²) in [4.78, 5) is 24.6. The molecule has 0 unspecified atom stereocenters. The third kappa shape index (κ3) is 3.36. The maximum Gasteiger partial charge on any atom is 0.306 e. The number of H-pyrrole nitrogens is 1. The van der Waals surface area contributed by atoms with Crippen LogP contribution in [0.5, 0.6) is 0 Å². The van der Waals surface area contributed by atoms with Crippen molar-refractivity contribution in [2.75, 3.05) is 19.7 Å². The van der Waals surface area contributed by atoms with E-state index in [1.54, 1.807) is 11.0 Å². The van der Waals surface area contributed by atoms with Gasteiger partial charge < -0.3 is 14.7 Å². The van der Waals surface area contributed by atoms with E-state index in [4.69, 9.17) is 9.84 Å². The van der Waals surface area contributed by atoms with E-state index in [9.17, 15) is 9.59 Å². The fourth-order valence-electron chi connectivity index (χ4n) is 2.13. The van der Waals surface area contributed by atoms with Crippen molar-refractivity contribution in [1.29, 1.82) is 0 Å². The van der Waals surface area contributed by atoms with Gasteiger partial charge in [-0.05, 0) is 12.0 Å². The van der Waals surface area contributed by atoms with Crippen LogP contribution in [-0.4, -0.2) is 57.9 Å². The van der Waals surface area contributed by atoms with Crippen LogP contribution in [0.1, 0.15) is 42.4 Å². The van der Waals surface area contributed by atoms with Gasteiger partial charge in [-0.1, -0.05) is 13.8 Å². The molecule has 0 aromatic carbocycles. The summed E-state index contributed by atoms with van der Waals surface area (Å²) in [5.41, 5.74) is 1.27. The minimum Gasteiger partial charge on any atom is -0.481 e. The molecule has 1 amide bonds. The van der Waals surface area contributed by atoms with E-state index in [0.29, 0.717) is 18.8 Å². The van der Waals surface area contributed by atoms with Crippen LogP contribution in [0.3, 0.4) is 0 Å². The highest BCUT2D eigenvalue weighted by Crippen LogP contribution is 2.15. The Morgan fingerprint density at radius 1 is 1.60 bits per heavy atom. The normalized spacial score (nSPS) is 19.4. The molecule has 1 aromatic rings. The first-order valence-corrected chi connectivity index (χ1v) is 6.65. The van der Waals surface area contributed by atoms with E-state index >= 15 is 0 Å². The predicted octanol–water partition coefficient (Wildman–Crippen LogP) is 0.849. The zero-order valence-corrected chi connectivity index (χ0v) is 11.6. The second kappa shape index (κ2) is 6.04. The molecule has 0 aliphatic carbocycles. The van der Waals surface area contributed by atoms with Gasteiger partial charge in [-0.25, -0.2) is 0 Å². The quantitative estimate of drug-likeness (QED) is 0.853. The minimum absolute atomic E-state index is 0.0956. The third-order valence-corrected chi connectivity index (χ3v) is 3.27. The summed E-state index contributed by atoms with van der Waals surface area (Å²) in [6, 6.07) is 1.74. The molecule has 1 aromatic heterocycles. The lowest BCUT2D eigenvalue weighted by Gasteiger charge is -2.31. The number of amides is 1. The van der Waals surface area contributed by atoms with Crippen molar-refractivity contribution in [2.24, 2.45) is 0 Å². The Morgan fingerprint density at radius 3 is 2.95 bits per heavy atom. The monoisotopic (exact) mass is 281 g/mol. The number of ether oxygens (including phenoxy) is 1.